The highest BCUT2D eigenvalue weighted by atomic mass is 35.5. The van der Waals surface area contributed by atoms with Gasteiger partial charge in [0, 0.05) is 62.6 Å². The number of amides is 2. The third-order valence-corrected chi connectivity index (χ3v) is 9.57. The van der Waals surface area contributed by atoms with Crippen LogP contribution in [0.1, 0.15) is 56.3 Å². The van der Waals surface area contributed by atoms with Crippen molar-refractivity contribution in [3.63, 3.8) is 0 Å². The van der Waals surface area contributed by atoms with Crippen LogP contribution >= 0.6 is 11.6 Å². The number of nitrogens with one attached hydrogen (secondary N) is 3. The molecular weight excluding hydrogens is 699 g/mol. The molecule has 2 aromatic carbocycles. The number of methoxy groups -OCH3 is 1. The minimum Gasteiger partial charge on any atom is -0.405 e. The number of carbonyl (C=O) groups is 2. The first-order chi connectivity index (χ1) is 24.6. The van der Waals surface area contributed by atoms with Crippen molar-refractivity contribution in [3.05, 3.63) is 77.3 Å². The zero-order valence-electron chi connectivity index (χ0n) is 29.5. The third kappa shape index (κ3) is 8.35. The molecule has 0 saturated carbocycles. The number of hydrogen-bond donors (Lipinski definition) is 3. The Hall–Kier alpha value is -4.66. The zero-order chi connectivity index (χ0) is 37.4. The lowest BCUT2D eigenvalue weighted by Gasteiger charge is -2.42. The molecule has 2 fully saturated rings. The first-order valence-corrected chi connectivity index (χ1v) is 17.3. The molecule has 2 aliphatic heterocycles. The molecule has 2 saturated heterocycles. The summed E-state index contributed by atoms with van der Waals surface area (Å²) in [5.41, 5.74) is 1.67. The number of aromatic amines is 1. The number of imidazole rings is 1. The van der Waals surface area contributed by atoms with Gasteiger partial charge in [-0.15, -0.1) is 13.2 Å². The Morgan fingerprint density at radius 1 is 1.00 bits per heavy atom. The monoisotopic (exact) mass is 739 g/mol. The predicted octanol–water partition coefficient (Wildman–Crippen LogP) is 7.08. The van der Waals surface area contributed by atoms with E-state index < -0.39 is 23.4 Å². The SMILES string of the molecule is CO[C@@H]1CN[C@H](c2ncc(-c3ccc(-c4cc(Cl)c(NC(=O)c5ccc(N6CCN(C(=O)C(C)(C)C)CC6C)nc5)cc4OC(F)(F)F)cc3)[nH]2)C1. The molecule has 6 rings (SSSR count). The number of nitrogens with zero attached hydrogens (tertiary/aromatic N) is 4. The lowest BCUT2D eigenvalue weighted by molar-refractivity contribution is -0.274. The van der Waals surface area contributed by atoms with Gasteiger partial charge in [0.25, 0.3) is 5.91 Å². The second kappa shape index (κ2) is 14.8. The van der Waals surface area contributed by atoms with Crippen LogP contribution in [0.15, 0.2) is 60.9 Å². The second-order valence-corrected chi connectivity index (χ2v) is 14.5. The predicted molar refractivity (Wildman–Crippen MR) is 192 cm³/mol. The van der Waals surface area contributed by atoms with Crippen molar-refractivity contribution < 1.29 is 32.2 Å². The Balaban J connectivity index is 1.16. The van der Waals surface area contributed by atoms with Gasteiger partial charge in [0.1, 0.15) is 17.4 Å². The van der Waals surface area contributed by atoms with E-state index in [-0.39, 0.29) is 45.9 Å². The summed E-state index contributed by atoms with van der Waals surface area (Å²) in [7, 11) is 1.67. The van der Waals surface area contributed by atoms with Gasteiger partial charge in [-0.05, 0) is 42.7 Å². The summed E-state index contributed by atoms with van der Waals surface area (Å²) >= 11 is 6.54. The summed E-state index contributed by atoms with van der Waals surface area (Å²) in [5.74, 6) is 0.351. The number of halogens is 4. The first kappa shape index (κ1) is 37.1. The van der Waals surface area contributed by atoms with Crippen LogP contribution in [0.2, 0.25) is 5.02 Å². The molecule has 0 bridgehead atoms. The summed E-state index contributed by atoms with van der Waals surface area (Å²) in [6.45, 7) is 10.1. The highest BCUT2D eigenvalue weighted by Crippen LogP contribution is 2.41. The molecule has 15 heteroatoms. The molecule has 52 heavy (non-hydrogen) atoms. The molecule has 0 radical (unpaired) electrons. The molecule has 276 valence electrons. The van der Waals surface area contributed by atoms with Crippen LogP contribution in [-0.2, 0) is 9.53 Å². The number of piperazine rings is 1. The second-order valence-electron chi connectivity index (χ2n) is 14.1. The molecule has 2 amide bonds. The van der Waals surface area contributed by atoms with E-state index in [1.165, 1.54) is 12.3 Å². The molecule has 4 heterocycles. The summed E-state index contributed by atoms with van der Waals surface area (Å²) in [6, 6.07) is 12.5. The Labute approximate surface area is 304 Å². The van der Waals surface area contributed by atoms with Gasteiger partial charge in [0.15, 0.2) is 0 Å². The first-order valence-electron chi connectivity index (χ1n) is 16.9. The van der Waals surface area contributed by atoms with Crippen molar-refractivity contribution in [2.75, 3.05) is 43.5 Å². The van der Waals surface area contributed by atoms with Crippen LogP contribution < -0.4 is 20.3 Å². The molecular formula is C37H41ClF3N7O4. The normalized spacial score (nSPS) is 19.5. The van der Waals surface area contributed by atoms with Crippen LogP contribution in [-0.4, -0.2) is 83.5 Å². The average Bonchev–Trinajstić information content (AvgIpc) is 3.79. The van der Waals surface area contributed by atoms with E-state index in [1.54, 1.807) is 49.7 Å². The molecule has 0 aliphatic carbocycles. The maximum atomic E-state index is 13.6. The fourth-order valence-corrected chi connectivity index (χ4v) is 6.72. The summed E-state index contributed by atoms with van der Waals surface area (Å²) in [6.07, 6.45) is -1.01. The number of benzene rings is 2. The van der Waals surface area contributed by atoms with Crippen LogP contribution in [0.4, 0.5) is 24.7 Å². The van der Waals surface area contributed by atoms with E-state index in [0.717, 1.165) is 36.1 Å². The van der Waals surface area contributed by atoms with Crippen LogP contribution in [0.25, 0.3) is 22.4 Å². The molecule has 3 N–H and O–H groups in total. The topological polar surface area (TPSA) is 125 Å². The Kier molecular flexibility index (Phi) is 10.5. The number of H-pyrrole nitrogens is 1. The van der Waals surface area contributed by atoms with E-state index in [9.17, 15) is 22.8 Å². The number of hydrogen-bond acceptors (Lipinski definition) is 8. The van der Waals surface area contributed by atoms with Crippen molar-refractivity contribution >= 4 is 34.9 Å². The lowest BCUT2D eigenvalue weighted by Crippen LogP contribution is -2.56. The van der Waals surface area contributed by atoms with E-state index in [0.29, 0.717) is 31.0 Å². The molecule has 2 aromatic heterocycles. The van der Waals surface area contributed by atoms with Crippen molar-refractivity contribution in [1.82, 2.24) is 25.2 Å². The fourth-order valence-electron chi connectivity index (χ4n) is 6.51. The van der Waals surface area contributed by atoms with Crippen molar-refractivity contribution in [2.45, 2.75) is 58.7 Å². The lowest BCUT2D eigenvalue weighted by atomic mass is 9.94. The highest BCUT2D eigenvalue weighted by molar-refractivity contribution is 6.34. The van der Waals surface area contributed by atoms with Gasteiger partial charge in [-0.2, -0.15) is 0 Å². The molecule has 2 aliphatic rings. The van der Waals surface area contributed by atoms with E-state index >= 15 is 0 Å². The van der Waals surface area contributed by atoms with Gasteiger partial charge in [0.2, 0.25) is 5.91 Å². The Morgan fingerprint density at radius 2 is 1.73 bits per heavy atom. The van der Waals surface area contributed by atoms with Crippen molar-refractivity contribution in [1.29, 1.82) is 0 Å². The average molecular weight is 740 g/mol. The standard InChI is InChI=1S/C37H41ClF3N7O4/c1-21-20-47(35(50)36(2,3)4)12-13-48(21)32-11-10-24(17-43-32)34(49)46-28-16-31(52-37(39,40)41)26(15-27(28)38)22-6-8-23(9-7-22)30-19-44-33(45-30)29-14-25(51-5)18-42-29/h6-11,15-17,19,21,25,29,42H,12-14,18,20H2,1-5H3,(H,44,45)(H,46,49)/t21?,25-,29-/m0/s1. The zero-order valence-corrected chi connectivity index (χ0v) is 30.2. The van der Waals surface area contributed by atoms with Crippen LogP contribution in [0.3, 0.4) is 0 Å². The summed E-state index contributed by atoms with van der Waals surface area (Å²) in [4.78, 5) is 42.2. The quantitative estimate of drug-likeness (QED) is 0.175. The molecule has 3 atom stereocenters. The van der Waals surface area contributed by atoms with E-state index in [4.69, 9.17) is 16.3 Å². The van der Waals surface area contributed by atoms with E-state index in [1.807, 2.05) is 32.6 Å². The van der Waals surface area contributed by atoms with Gasteiger partial charge in [-0.25, -0.2) is 9.97 Å². The minimum atomic E-state index is -5.01. The maximum absolute atomic E-state index is 13.6. The highest BCUT2D eigenvalue weighted by Gasteiger charge is 2.34. The van der Waals surface area contributed by atoms with Crippen molar-refractivity contribution in [3.8, 4) is 28.1 Å². The Morgan fingerprint density at radius 3 is 2.35 bits per heavy atom. The number of rotatable bonds is 8. The van der Waals surface area contributed by atoms with Gasteiger partial charge in [-0.1, -0.05) is 56.6 Å². The van der Waals surface area contributed by atoms with Gasteiger partial charge < -0.3 is 34.9 Å². The van der Waals surface area contributed by atoms with Gasteiger partial charge in [0.05, 0.1) is 40.3 Å². The summed E-state index contributed by atoms with van der Waals surface area (Å²) in [5, 5.41) is 5.98. The van der Waals surface area contributed by atoms with Gasteiger partial charge >= 0.3 is 6.36 Å². The number of alkyl halides is 3. The van der Waals surface area contributed by atoms with E-state index in [2.05, 4.69) is 35.2 Å². The molecule has 11 nitrogen and oxygen atoms in total. The number of pyridine rings is 1. The smallest absolute Gasteiger partial charge is 0.405 e. The summed E-state index contributed by atoms with van der Waals surface area (Å²) < 4.78 is 50.6. The number of aromatic nitrogens is 3. The largest absolute Gasteiger partial charge is 0.573 e. The van der Waals surface area contributed by atoms with Crippen LogP contribution in [0.5, 0.6) is 5.75 Å². The maximum Gasteiger partial charge on any atom is 0.573 e. The van der Waals surface area contributed by atoms with Crippen molar-refractivity contribution in [2.24, 2.45) is 5.41 Å². The molecule has 1 unspecified atom stereocenters. The molecule has 0 spiro atoms. The molecule has 4 aromatic rings. The Bertz CT molecular complexity index is 1910. The third-order valence-electron chi connectivity index (χ3n) is 9.26. The minimum absolute atomic E-state index is 0.00466. The number of ether oxygens (including phenoxy) is 2. The number of anilines is 2. The number of carbonyl (C=O) groups excluding carboxylic acids is 2. The van der Waals surface area contributed by atoms with Gasteiger partial charge in [-0.3, -0.25) is 9.59 Å². The van der Waals surface area contributed by atoms with Crippen LogP contribution in [0, 0.1) is 5.41 Å². The fraction of sp³-hybridized carbons (Fsp3) is 0.405.